The van der Waals surface area contributed by atoms with Gasteiger partial charge in [-0.3, -0.25) is 4.90 Å². The van der Waals surface area contributed by atoms with Crippen molar-refractivity contribution in [3.63, 3.8) is 0 Å². The highest BCUT2D eigenvalue weighted by Gasteiger charge is 2.28. The second-order valence-electron chi connectivity index (χ2n) is 12.8. The third-order valence-corrected chi connectivity index (χ3v) is 8.88. The number of hydrogen-bond acceptors (Lipinski definition) is 11. The van der Waals surface area contributed by atoms with Gasteiger partial charge in [-0.25, -0.2) is 9.78 Å². The molecule has 3 aromatic rings. The molecular weight excluding hydrogens is 624 g/mol. The molecule has 1 saturated heterocycles. The van der Waals surface area contributed by atoms with Gasteiger partial charge in [0, 0.05) is 56.7 Å². The van der Waals surface area contributed by atoms with Crippen molar-refractivity contribution in [1.82, 2.24) is 19.8 Å². The maximum Gasteiger partial charge on any atom is 0.416 e. The highest BCUT2D eigenvalue weighted by Crippen LogP contribution is 2.41. The van der Waals surface area contributed by atoms with Gasteiger partial charge in [-0.05, 0) is 49.1 Å². The molecule has 12 nitrogen and oxygen atoms in total. The number of piperazine rings is 1. The molecule has 0 saturated carbocycles. The lowest BCUT2D eigenvalue weighted by molar-refractivity contribution is 0.0402. The highest BCUT2D eigenvalue weighted by atomic mass is 16.6. The molecule has 2 aromatic carbocycles. The van der Waals surface area contributed by atoms with E-state index in [4.69, 9.17) is 28.7 Å². The van der Waals surface area contributed by atoms with Gasteiger partial charge < -0.3 is 38.8 Å². The number of anilines is 3. The Balaban J connectivity index is 1.56. The molecule has 2 heterocycles. The van der Waals surface area contributed by atoms with Crippen LogP contribution in [0.5, 0.6) is 23.0 Å². The van der Waals surface area contributed by atoms with Crippen LogP contribution in [0.2, 0.25) is 0 Å². The van der Waals surface area contributed by atoms with Crippen LogP contribution in [-0.4, -0.2) is 99.7 Å². The largest absolute Gasteiger partial charge is 0.497 e. The first-order valence-corrected chi connectivity index (χ1v) is 17.2. The highest BCUT2D eigenvalue weighted by molar-refractivity contribution is 5.86. The lowest BCUT2D eigenvalue weighted by Crippen LogP contribution is -2.44. The molecule has 0 aliphatic carbocycles. The lowest BCUT2D eigenvalue weighted by atomic mass is 9.93. The number of rotatable bonds is 17. The van der Waals surface area contributed by atoms with E-state index in [1.807, 2.05) is 30.3 Å². The Kier molecular flexibility index (Phi) is 14.1. The lowest BCUT2D eigenvalue weighted by Gasteiger charge is -2.32. The monoisotopic (exact) mass is 678 g/mol. The summed E-state index contributed by atoms with van der Waals surface area (Å²) in [6.07, 6.45) is 2.65. The van der Waals surface area contributed by atoms with Crippen molar-refractivity contribution in [1.29, 1.82) is 0 Å². The standard InChI is InChI=1S/C37H54N6O6/c1-9-27(4)34(26(2)3)49-37(44)43(25-28-12-10-13-30(22-28)45-6)33-14-15-38-36(40-33)39-29-23-31(46-7)35(47-8)32(24-29)48-21-11-16-42-19-17-41(5)18-20-42/h10,12-15,22-24,26-27,34H,9,11,16-21,25H2,1-8H3,(H,38,39,40). The van der Waals surface area contributed by atoms with Crippen LogP contribution >= 0.6 is 0 Å². The molecule has 0 spiro atoms. The van der Waals surface area contributed by atoms with E-state index in [1.165, 1.54) is 4.90 Å². The fourth-order valence-corrected chi connectivity index (χ4v) is 5.85. The molecule has 49 heavy (non-hydrogen) atoms. The summed E-state index contributed by atoms with van der Waals surface area (Å²) in [6, 6.07) is 12.9. The number of nitrogens with zero attached hydrogens (tertiary/aromatic N) is 5. The first-order valence-electron chi connectivity index (χ1n) is 17.2. The molecule has 2 atom stereocenters. The third-order valence-electron chi connectivity index (χ3n) is 8.88. The van der Waals surface area contributed by atoms with Gasteiger partial charge >= 0.3 is 6.09 Å². The Morgan fingerprint density at radius 3 is 2.41 bits per heavy atom. The number of hydrogen-bond donors (Lipinski definition) is 1. The third kappa shape index (κ3) is 10.6. The van der Waals surface area contributed by atoms with Crippen LogP contribution < -0.4 is 29.2 Å². The fourth-order valence-electron chi connectivity index (χ4n) is 5.85. The summed E-state index contributed by atoms with van der Waals surface area (Å²) in [5, 5.41) is 3.27. The number of ether oxygens (including phenoxy) is 5. The average molecular weight is 679 g/mol. The van der Waals surface area contributed by atoms with E-state index in [0.717, 1.165) is 51.1 Å². The minimum Gasteiger partial charge on any atom is -0.497 e. The van der Waals surface area contributed by atoms with Crippen molar-refractivity contribution < 1.29 is 28.5 Å². The molecule has 2 unspecified atom stereocenters. The predicted octanol–water partition coefficient (Wildman–Crippen LogP) is 6.48. The predicted molar refractivity (Wildman–Crippen MR) is 193 cm³/mol. The summed E-state index contributed by atoms with van der Waals surface area (Å²) in [6.45, 7) is 14.4. The number of amides is 1. The summed E-state index contributed by atoms with van der Waals surface area (Å²) in [4.78, 5) is 29.4. The minimum absolute atomic E-state index is 0.147. The van der Waals surface area contributed by atoms with Crippen molar-refractivity contribution in [2.75, 3.05) is 77.9 Å². The van der Waals surface area contributed by atoms with E-state index in [-0.39, 0.29) is 30.4 Å². The van der Waals surface area contributed by atoms with Crippen LogP contribution in [0.25, 0.3) is 0 Å². The first kappa shape index (κ1) is 37.5. The number of nitrogens with one attached hydrogen (secondary N) is 1. The van der Waals surface area contributed by atoms with Gasteiger partial charge in [0.05, 0.1) is 34.5 Å². The second-order valence-corrected chi connectivity index (χ2v) is 12.8. The smallest absolute Gasteiger partial charge is 0.416 e. The minimum atomic E-state index is -0.482. The SMILES string of the molecule is CCC(C)C(OC(=O)N(Cc1cccc(OC)c1)c1ccnc(Nc2cc(OC)c(OC)c(OCCCN3CCN(C)CC3)c2)n1)C(C)C. The van der Waals surface area contributed by atoms with Crippen LogP contribution in [0.4, 0.5) is 22.2 Å². The number of aromatic nitrogens is 2. The molecule has 12 heteroatoms. The Morgan fingerprint density at radius 1 is 0.980 bits per heavy atom. The van der Waals surface area contributed by atoms with Crippen LogP contribution in [0.1, 0.15) is 46.1 Å². The van der Waals surface area contributed by atoms with E-state index < -0.39 is 6.09 Å². The number of methoxy groups -OCH3 is 3. The maximum absolute atomic E-state index is 13.9. The molecule has 1 fully saturated rings. The molecule has 1 amide bonds. The van der Waals surface area contributed by atoms with Gasteiger partial charge in [-0.2, -0.15) is 4.98 Å². The van der Waals surface area contributed by atoms with Crippen LogP contribution in [0, 0.1) is 11.8 Å². The topological polar surface area (TPSA) is 111 Å². The van der Waals surface area contributed by atoms with Gasteiger partial charge in [0.25, 0.3) is 0 Å². The Bertz CT molecular complexity index is 1480. The molecule has 0 radical (unpaired) electrons. The molecule has 4 rings (SSSR count). The molecule has 1 N–H and O–H groups in total. The summed E-state index contributed by atoms with van der Waals surface area (Å²) in [5.41, 5.74) is 1.51. The summed E-state index contributed by atoms with van der Waals surface area (Å²) >= 11 is 0. The van der Waals surface area contributed by atoms with Gasteiger partial charge in [-0.15, -0.1) is 0 Å². The normalized spacial score (nSPS) is 15.0. The molecule has 1 aromatic heterocycles. The van der Waals surface area contributed by atoms with Gasteiger partial charge in [0.1, 0.15) is 17.7 Å². The molecule has 1 aliphatic rings. The summed E-state index contributed by atoms with van der Waals surface area (Å²) < 4.78 is 29.1. The van der Waals surface area contributed by atoms with Crippen LogP contribution in [0.15, 0.2) is 48.7 Å². The zero-order valence-corrected chi connectivity index (χ0v) is 30.4. The van der Waals surface area contributed by atoms with E-state index in [9.17, 15) is 4.79 Å². The zero-order valence-electron chi connectivity index (χ0n) is 30.4. The number of carbonyl (C=O) groups is 1. The Labute approximate surface area is 291 Å². The van der Waals surface area contributed by atoms with Crippen molar-refractivity contribution in [2.45, 2.75) is 53.2 Å². The Hall–Kier alpha value is -4.29. The van der Waals surface area contributed by atoms with Crippen molar-refractivity contribution in [2.24, 2.45) is 11.8 Å². The Morgan fingerprint density at radius 2 is 1.73 bits per heavy atom. The van der Waals surface area contributed by atoms with Crippen LogP contribution in [0.3, 0.4) is 0 Å². The van der Waals surface area contributed by atoms with Crippen molar-refractivity contribution in [3.05, 3.63) is 54.2 Å². The van der Waals surface area contributed by atoms with E-state index >= 15 is 0 Å². The summed E-state index contributed by atoms with van der Waals surface area (Å²) in [7, 11) is 6.95. The van der Waals surface area contributed by atoms with Crippen LogP contribution in [-0.2, 0) is 11.3 Å². The van der Waals surface area contributed by atoms with Gasteiger partial charge in [0.2, 0.25) is 11.7 Å². The molecular formula is C37H54N6O6. The second kappa shape index (κ2) is 18.5. The van der Waals surface area contributed by atoms with E-state index in [0.29, 0.717) is 41.1 Å². The molecule has 0 bridgehead atoms. The molecule has 1 aliphatic heterocycles. The summed E-state index contributed by atoms with van der Waals surface area (Å²) in [5.74, 6) is 3.27. The van der Waals surface area contributed by atoms with Gasteiger partial charge in [0.15, 0.2) is 11.5 Å². The average Bonchev–Trinajstić information content (AvgIpc) is 3.11. The van der Waals surface area contributed by atoms with Gasteiger partial charge in [-0.1, -0.05) is 46.2 Å². The van der Waals surface area contributed by atoms with E-state index in [1.54, 1.807) is 39.7 Å². The quantitative estimate of drug-likeness (QED) is 0.159. The number of benzene rings is 2. The maximum atomic E-state index is 13.9. The molecule has 268 valence electrons. The fraction of sp³-hybridized carbons (Fsp3) is 0.541. The number of likely N-dealkylation sites (N-methyl/N-ethyl adjacent to an activating group) is 1. The van der Waals surface area contributed by atoms with E-state index in [2.05, 4.69) is 54.8 Å². The zero-order chi connectivity index (χ0) is 35.3. The number of carbonyl (C=O) groups excluding carboxylic acids is 1. The first-order chi connectivity index (χ1) is 23.6. The van der Waals surface area contributed by atoms with Crippen molar-refractivity contribution >= 4 is 23.5 Å². The van der Waals surface area contributed by atoms with Crippen molar-refractivity contribution in [3.8, 4) is 23.0 Å².